The van der Waals surface area contributed by atoms with Crippen molar-refractivity contribution in [2.75, 3.05) is 0 Å². The van der Waals surface area contributed by atoms with E-state index in [0.717, 1.165) is 27.3 Å². The molecule has 0 aliphatic heterocycles. The van der Waals surface area contributed by atoms with E-state index in [1.807, 2.05) is 37.3 Å². The van der Waals surface area contributed by atoms with E-state index in [-0.39, 0.29) is 5.69 Å². The second-order valence-corrected chi connectivity index (χ2v) is 7.61. The zero-order valence-corrected chi connectivity index (χ0v) is 15.6. The Bertz CT molecular complexity index is 1140. The summed E-state index contributed by atoms with van der Waals surface area (Å²) in [6.07, 6.45) is 0. The Morgan fingerprint density at radius 1 is 1.08 bits per heavy atom. The second-order valence-electron chi connectivity index (χ2n) is 6.42. The molecule has 0 spiro atoms. The van der Waals surface area contributed by atoms with E-state index in [4.69, 9.17) is 0 Å². The SMILES string of the molecule is Cc1ccc(-c2c(C)sc3nc(-c4ccccc4)c(C(=O)O)n23)c(C)c1. The molecule has 0 saturated carbocycles. The third-order valence-corrected chi connectivity index (χ3v) is 5.49. The predicted octanol–water partition coefficient (Wildman–Crippen LogP) is 5.35. The van der Waals surface area contributed by atoms with Gasteiger partial charge >= 0.3 is 5.97 Å². The Morgan fingerprint density at radius 2 is 1.81 bits per heavy atom. The molecule has 26 heavy (non-hydrogen) atoms. The molecule has 2 aromatic heterocycles. The first-order valence-corrected chi connectivity index (χ1v) is 9.17. The Morgan fingerprint density at radius 3 is 2.46 bits per heavy atom. The quantitative estimate of drug-likeness (QED) is 0.534. The van der Waals surface area contributed by atoms with Crippen LogP contribution >= 0.6 is 11.3 Å². The maximum absolute atomic E-state index is 12.1. The summed E-state index contributed by atoms with van der Waals surface area (Å²) in [6, 6.07) is 15.7. The van der Waals surface area contributed by atoms with Crippen LogP contribution in [0.3, 0.4) is 0 Å². The van der Waals surface area contributed by atoms with Gasteiger partial charge in [-0.3, -0.25) is 4.40 Å². The van der Waals surface area contributed by atoms with Gasteiger partial charge in [0, 0.05) is 16.0 Å². The van der Waals surface area contributed by atoms with Crippen LogP contribution in [0.4, 0.5) is 0 Å². The van der Waals surface area contributed by atoms with Crippen molar-refractivity contribution in [1.82, 2.24) is 9.38 Å². The van der Waals surface area contributed by atoms with Gasteiger partial charge in [0.1, 0.15) is 5.69 Å². The molecule has 0 bridgehead atoms. The molecule has 1 N–H and O–H groups in total. The minimum atomic E-state index is -0.972. The molecule has 4 nitrogen and oxygen atoms in total. The van der Waals surface area contributed by atoms with Crippen molar-refractivity contribution in [2.45, 2.75) is 20.8 Å². The standard InChI is InChI=1S/C21H18N2O2S/c1-12-9-10-16(13(2)11-12)18-14(3)26-21-22-17(15-7-5-4-6-8-15)19(20(24)25)23(18)21/h4-11H,1-3H3,(H,24,25). The number of hydrogen-bond donors (Lipinski definition) is 1. The third-order valence-electron chi connectivity index (χ3n) is 4.53. The van der Waals surface area contributed by atoms with Gasteiger partial charge in [0.05, 0.1) is 5.69 Å². The van der Waals surface area contributed by atoms with Gasteiger partial charge in [0.15, 0.2) is 10.7 Å². The molecule has 0 atom stereocenters. The number of thiazole rings is 1. The van der Waals surface area contributed by atoms with Crippen molar-refractivity contribution < 1.29 is 9.90 Å². The molecule has 0 saturated heterocycles. The van der Waals surface area contributed by atoms with E-state index in [1.54, 1.807) is 4.40 Å². The summed E-state index contributed by atoms with van der Waals surface area (Å²) in [6.45, 7) is 6.13. The van der Waals surface area contributed by atoms with E-state index < -0.39 is 5.97 Å². The van der Waals surface area contributed by atoms with Gasteiger partial charge in [-0.15, -0.1) is 11.3 Å². The summed E-state index contributed by atoms with van der Waals surface area (Å²) < 4.78 is 1.79. The van der Waals surface area contributed by atoms with Crippen LogP contribution in [0.2, 0.25) is 0 Å². The van der Waals surface area contributed by atoms with Crippen molar-refractivity contribution in [3.8, 4) is 22.5 Å². The first kappa shape index (κ1) is 16.5. The van der Waals surface area contributed by atoms with Gasteiger partial charge < -0.3 is 5.11 Å². The van der Waals surface area contributed by atoms with E-state index in [2.05, 4.69) is 37.0 Å². The fourth-order valence-electron chi connectivity index (χ4n) is 3.40. The van der Waals surface area contributed by atoms with Gasteiger partial charge in [-0.05, 0) is 26.3 Å². The molecule has 2 aromatic carbocycles. The summed E-state index contributed by atoms with van der Waals surface area (Å²) in [4.78, 5) is 18.6. The maximum atomic E-state index is 12.1. The lowest BCUT2D eigenvalue weighted by molar-refractivity contribution is 0.0690. The summed E-state index contributed by atoms with van der Waals surface area (Å²) in [5, 5.41) is 9.95. The van der Waals surface area contributed by atoms with Gasteiger partial charge in [-0.1, -0.05) is 54.1 Å². The lowest BCUT2D eigenvalue weighted by Crippen LogP contribution is -2.05. The number of imidazole rings is 1. The highest BCUT2D eigenvalue weighted by Crippen LogP contribution is 2.37. The first-order valence-electron chi connectivity index (χ1n) is 8.35. The first-order chi connectivity index (χ1) is 12.5. The number of hydrogen-bond acceptors (Lipinski definition) is 3. The number of benzene rings is 2. The molecular weight excluding hydrogens is 344 g/mol. The summed E-state index contributed by atoms with van der Waals surface area (Å²) in [5.74, 6) is -0.972. The molecule has 0 unspecified atom stereocenters. The smallest absolute Gasteiger partial charge is 0.355 e. The van der Waals surface area contributed by atoms with Crippen LogP contribution in [0.5, 0.6) is 0 Å². The average Bonchev–Trinajstić information content (AvgIpc) is 3.11. The number of aromatic nitrogens is 2. The average molecular weight is 362 g/mol. The molecule has 0 aliphatic carbocycles. The van der Waals surface area contributed by atoms with E-state index in [0.29, 0.717) is 10.7 Å². The van der Waals surface area contributed by atoms with Crippen molar-refractivity contribution in [2.24, 2.45) is 0 Å². The Kier molecular flexibility index (Phi) is 3.89. The number of rotatable bonds is 3. The van der Waals surface area contributed by atoms with Crippen molar-refractivity contribution in [1.29, 1.82) is 0 Å². The van der Waals surface area contributed by atoms with Crippen LogP contribution in [0.15, 0.2) is 48.5 Å². The molecule has 2 heterocycles. The number of carboxylic acids is 1. The lowest BCUT2D eigenvalue weighted by Gasteiger charge is -2.09. The van der Waals surface area contributed by atoms with Crippen LogP contribution in [0, 0.1) is 20.8 Å². The Hall–Kier alpha value is -2.92. The van der Waals surface area contributed by atoms with E-state index >= 15 is 0 Å². The van der Waals surface area contributed by atoms with Crippen molar-refractivity contribution in [3.63, 3.8) is 0 Å². The highest BCUT2D eigenvalue weighted by molar-refractivity contribution is 7.17. The zero-order valence-electron chi connectivity index (χ0n) is 14.8. The van der Waals surface area contributed by atoms with Crippen LogP contribution in [0.25, 0.3) is 27.5 Å². The molecule has 4 aromatic rings. The number of fused-ring (bicyclic) bond motifs is 1. The monoisotopic (exact) mass is 362 g/mol. The summed E-state index contributed by atoms with van der Waals surface area (Å²) in [5.41, 5.74) is 5.79. The maximum Gasteiger partial charge on any atom is 0.355 e. The highest BCUT2D eigenvalue weighted by Gasteiger charge is 2.25. The van der Waals surface area contributed by atoms with Gasteiger partial charge in [-0.25, -0.2) is 9.78 Å². The van der Waals surface area contributed by atoms with Gasteiger partial charge in [-0.2, -0.15) is 0 Å². The molecule has 4 rings (SSSR count). The summed E-state index contributed by atoms with van der Waals surface area (Å²) >= 11 is 1.52. The highest BCUT2D eigenvalue weighted by atomic mass is 32.1. The van der Waals surface area contributed by atoms with Crippen molar-refractivity contribution in [3.05, 3.63) is 70.2 Å². The lowest BCUT2D eigenvalue weighted by atomic mass is 10.0. The van der Waals surface area contributed by atoms with E-state index in [9.17, 15) is 9.90 Å². The molecule has 0 radical (unpaired) electrons. The molecule has 0 fully saturated rings. The topological polar surface area (TPSA) is 54.6 Å². The number of aromatic carboxylic acids is 1. The number of carbonyl (C=O) groups is 1. The molecule has 130 valence electrons. The fourth-order valence-corrected chi connectivity index (χ4v) is 4.38. The summed E-state index contributed by atoms with van der Waals surface area (Å²) in [7, 11) is 0. The van der Waals surface area contributed by atoms with Crippen LogP contribution in [0.1, 0.15) is 26.5 Å². The van der Waals surface area contributed by atoms with Gasteiger partial charge in [0.25, 0.3) is 0 Å². The Labute approximate surface area is 155 Å². The normalized spacial score (nSPS) is 11.2. The molecule has 0 amide bonds. The van der Waals surface area contributed by atoms with Crippen molar-refractivity contribution >= 4 is 22.3 Å². The third kappa shape index (κ3) is 2.52. The second kappa shape index (κ2) is 6.11. The molecule has 0 aliphatic rings. The van der Waals surface area contributed by atoms with Crippen LogP contribution in [-0.2, 0) is 0 Å². The largest absolute Gasteiger partial charge is 0.476 e. The number of aryl methyl sites for hydroxylation is 3. The zero-order chi connectivity index (χ0) is 18.4. The number of nitrogens with zero attached hydrogens (tertiary/aromatic N) is 2. The molecular formula is C21H18N2O2S. The Balaban J connectivity index is 2.08. The van der Waals surface area contributed by atoms with Crippen LogP contribution < -0.4 is 0 Å². The fraction of sp³-hybridized carbons (Fsp3) is 0.143. The number of carboxylic acid groups (broad SMARTS) is 1. The predicted molar refractivity (Wildman–Crippen MR) is 105 cm³/mol. The van der Waals surface area contributed by atoms with Crippen LogP contribution in [-0.4, -0.2) is 20.5 Å². The van der Waals surface area contributed by atoms with Gasteiger partial charge in [0.2, 0.25) is 0 Å². The minimum absolute atomic E-state index is 0.213. The minimum Gasteiger partial charge on any atom is -0.476 e. The molecule has 5 heteroatoms. The van der Waals surface area contributed by atoms with E-state index in [1.165, 1.54) is 16.9 Å².